The summed E-state index contributed by atoms with van der Waals surface area (Å²) in [5, 5.41) is 4.19. The van der Waals surface area contributed by atoms with Crippen LogP contribution >= 0.6 is 23.2 Å². The van der Waals surface area contributed by atoms with Gasteiger partial charge in [0.15, 0.2) is 5.78 Å². The highest BCUT2D eigenvalue weighted by Gasteiger charge is 2.35. The first-order chi connectivity index (χ1) is 7.16. The van der Waals surface area contributed by atoms with Crippen LogP contribution in [0.5, 0.6) is 0 Å². The Hall–Kier alpha value is -0.990. The molecule has 0 aromatic heterocycles. The number of hydrogen-bond donors (Lipinski definition) is 1. The molecule has 1 unspecified atom stereocenters. The fourth-order valence-electron chi connectivity index (χ4n) is 2.10. The molecular weight excluding hydrogens is 233 g/mol. The van der Waals surface area contributed by atoms with Crippen LogP contribution in [0, 0.1) is 0 Å². The van der Waals surface area contributed by atoms with E-state index >= 15 is 0 Å². The average molecular weight is 240 g/mol. The predicted molar refractivity (Wildman–Crippen MR) is 61.5 cm³/mol. The van der Waals surface area contributed by atoms with Crippen LogP contribution in [0.25, 0.3) is 5.57 Å². The van der Waals surface area contributed by atoms with E-state index in [4.69, 9.17) is 23.2 Å². The van der Waals surface area contributed by atoms with Gasteiger partial charge in [-0.3, -0.25) is 4.79 Å². The fraction of sp³-hybridized carbons (Fsp3) is 0.182. The summed E-state index contributed by atoms with van der Waals surface area (Å²) in [5.74, 6) is 0.202. The van der Waals surface area contributed by atoms with Gasteiger partial charge >= 0.3 is 0 Å². The minimum Gasteiger partial charge on any atom is -0.371 e. The van der Waals surface area contributed by atoms with Crippen molar-refractivity contribution in [3.05, 3.63) is 33.8 Å². The third-order valence-electron chi connectivity index (χ3n) is 2.83. The number of hydrogen-bond acceptors (Lipinski definition) is 2. The topological polar surface area (TPSA) is 29.1 Å². The number of allylic oxidation sites excluding steroid dienone is 1. The Morgan fingerprint density at radius 2 is 2.00 bits per heavy atom. The van der Waals surface area contributed by atoms with Gasteiger partial charge in [-0.1, -0.05) is 29.3 Å². The lowest BCUT2D eigenvalue weighted by Crippen LogP contribution is -2.21. The van der Waals surface area contributed by atoms with Gasteiger partial charge in [-0.25, -0.2) is 0 Å². The van der Waals surface area contributed by atoms with Crippen LogP contribution in [0.2, 0.25) is 10.0 Å². The van der Waals surface area contributed by atoms with Crippen LogP contribution in [0.1, 0.15) is 12.0 Å². The molecule has 0 spiro atoms. The maximum Gasteiger partial charge on any atom is 0.163 e. The van der Waals surface area contributed by atoms with Gasteiger partial charge in [0.05, 0.1) is 10.0 Å². The molecule has 1 heterocycles. The standard InChI is InChI=1S/C11H7Cl2NO/c12-7-3-6-5-1-2-10(15)11(5)14-9(6)4-8(7)13/h1,3-4,11,14H,2H2. The molecule has 0 fully saturated rings. The van der Waals surface area contributed by atoms with Crippen LogP contribution in [0.3, 0.4) is 0 Å². The number of rotatable bonds is 0. The molecule has 4 heteroatoms. The Labute approximate surface area is 96.9 Å². The Kier molecular flexibility index (Phi) is 1.85. The van der Waals surface area contributed by atoms with Gasteiger partial charge in [0, 0.05) is 17.7 Å². The molecule has 2 nitrogen and oxygen atoms in total. The highest BCUT2D eigenvalue weighted by Crippen LogP contribution is 2.42. The summed E-state index contributed by atoms with van der Waals surface area (Å²) < 4.78 is 0. The van der Waals surface area contributed by atoms with Crippen LogP contribution < -0.4 is 5.32 Å². The first kappa shape index (κ1) is 9.25. The average Bonchev–Trinajstić information content (AvgIpc) is 2.70. The number of carbonyl (C=O) groups is 1. The van der Waals surface area contributed by atoms with Crippen LogP contribution in [-0.4, -0.2) is 11.8 Å². The van der Waals surface area contributed by atoms with E-state index in [1.54, 1.807) is 6.07 Å². The molecule has 0 amide bonds. The molecule has 2 aliphatic rings. The zero-order valence-electron chi connectivity index (χ0n) is 7.68. The number of Topliss-reactive ketones (excluding diaryl/α,β-unsaturated/α-hetero) is 1. The third-order valence-corrected chi connectivity index (χ3v) is 3.55. The highest BCUT2D eigenvalue weighted by molar-refractivity contribution is 6.42. The Bertz CT molecular complexity index is 508. The second-order valence-electron chi connectivity index (χ2n) is 3.72. The number of nitrogens with one attached hydrogen (secondary N) is 1. The lowest BCUT2D eigenvalue weighted by Gasteiger charge is -2.04. The van der Waals surface area contributed by atoms with E-state index in [2.05, 4.69) is 5.32 Å². The molecule has 0 bridgehead atoms. The third kappa shape index (κ3) is 1.22. The number of benzene rings is 1. The number of carbonyl (C=O) groups excluding carboxylic acids is 1. The maximum atomic E-state index is 11.5. The van der Waals surface area contributed by atoms with Crippen molar-refractivity contribution in [3.8, 4) is 0 Å². The Balaban J connectivity index is 2.19. The van der Waals surface area contributed by atoms with Gasteiger partial charge in [0.25, 0.3) is 0 Å². The zero-order valence-corrected chi connectivity index (χ0v) is 9.19. The Morgan fingerprint density at radius 3 is 2.80 bits per heavy atom. The molecule has 1 N–H and O–H groups in total. The van der Waals surface area contributed by atoms with Gasteiger partial charge in [0.2, 0.25) is 0 Å². The van der Waals surface area contributed by atoms with Crippen LogP contribution in [0.15, 0.2) is 18.2 Å². The van der Waals surface area contributed by atoms with Crippen molar-refractivity contribution in [1.29, 1.82) is 0 Å². The van der Waals surface area contributed by atoms with E-state index in [0.29, 0.717) is 16.5 Å². The smallest absolute Gasteiger partial charge is 0.163 e. The Morgan fingerprint density at radius 1 is 1.27 bits per heavy atom. The van der Waals surface area contributed by atoms with E-state index in [1.165, 1.54) is 0 Å². The van der Waals surface area contributed by atoms with Crippen molar-refractivity contribution >= 4 is 40.2 Å². The minimum atomic E-state index is -0.186. The van der Waals surface area contributed by atoms with Gasteiger partial charge in [-0.05, 0) is 17.7 Å². The lowest BCUT2D eigenvalue weighted by atomic mass is 10.1. The van der Waals surface area contributed by atoms with Crippen molar-refractivity contribution in [2.24, 2.45) is 0 Å². The summed E-state index contributed by atoms with van der Waals surface area (Å²) in [6, 6.07) is 3.40. The number of ketones is 1. The summed E-state index contributed by atoms with van der Waals surface area (Å²) >= 11 is 11.9. The summed E-state index contributed by atoms with van der Waals surface area (Å²) in [7, 11) is 0. The first-order valence-corrected chi connectivity index (χ1v) is 5.41. The molecule has 15 heavy (non-hydrogen) atoms. The molecule has 0 saturated carbocycles. The molecule has 0 saturated heterocycles. The minimum absolute atomic E-state index is 0.186. The van der Waals surface area contributed by atoms with Crippen molar-refractivity contribution in [3.63, 3.8) is 0 Å². The van der Waals surface area contributed by atoms with Crippen molar-refractivity contribution in [2.75, 3.05) is 5.32 Å². The van der Waals surface area contributed by atoms with Gasteiger partial charge in [-0.2, -0.15) is 0 Å². The number of halogens is 2. The van der Waals surface area contributed by atoms with E-state index < -0.39 is 0 Å². The zero-order chi connectivity index (χ0) is 10.6. The molecule has 0 radical (unpaired) electrons. The summed E-state index contributed by atoms with van der Waals surface area (Å²) in [6.07, 6.45) is 2.46. The largest absolute Gasteiger partial charge is 0.371 e. The normalized spacial score (nSPS) is 22.1. The molecular formula is C11H7Cl2NO. The van der Waals surface area contributed by atoms with Crippen LogP contribution in [-0.2, 0) is 4.79 Å². The molecule has 1 aromatic rings. The molecule has 76 valence electrons. The summed E-state index contributed by atoms with van der Waals surface area (Å²) in [5.41, 5.74) is 2.93. The molecule has 1 aliphatic carbocycles. The first-order valence-electron chi connectivity index (χ1n) is 4.65. The second kappa shape index (κ2) is 3.00. The predicted octanol–water partition coefficient (Wildman–Crippen LogP) is 3.14. The molecule has 1 aromatic carbocycles. The van der Waals surface area contributed by atoms with E-state index in [-0.39, 0.29) is 11.8 Å². The van der Waals surface area contributed by atoms with Gasteiger partial charge < -0.3 is 5.32 Å². The van der Waals surface area contributed by atoms with Gasteiger partial charge in [-0.15, -0.1) is 0 Å². The second-order valence-corrected chi connectivity index (χ2v) is 4.53. The lowest BCUT2D eigenvalue weighted by molar-refractivity contribution is -0.117. The monoisotopic (exact) mass is 239 g/mol. The van der Waals surface area contributed by atoms with E-state index in [1.807, 2.05) is 12.1 Å². The van der Waals surface area contributed by atoms with Crippen LogP contribution in [0.4, 0.5) is 5.69 Å². The van der Waals surface area contributed by atoms with E-state index in [0.717, 1.165) is 16.8 Å². The van der Waals surface area contributed by atoms with Gasteiger partial charge in [0.1, 0.15) is 6.04 Å². The summed E-state index contributed by atoms with van der Waals surface area (Å²) in [6.45, 7) is 0. The van der Waals surface area contributed by atoms with Crippen molar-refractivity contribution < 1.29 is 4.79 Å². The van der Waals surface area contributed by atoms with E-state index in [9.17, 15) is 4.79 Å². The number of anilines is 1. The number of fused-ring (bicyclic) bond motifs is 3. The SMILES string of the molecule is O=C1CC=C2c3cc(Cl)c(Cl)cc3NC12. The molecule has 1 aliphatic heterocycles. The quantitative estimate of drug-likeness (QED) is 0.754. The van der Waals surface area contributed by atoms with Crippen molar-refractivity contribution in [2.45, 2.75) is 12.5 Å². The fourth-order valence-corrected chi connectivity index (χ4v) is 2.43. The summed E-state index contributed by atoms with van der Waals surface area (Å²) in [4.78, 5) is 11.5. The highest BCUT2D eigenvalue weighted by atomic mass is 35.5. The maximum absolute atomic E-state index is 11.5. The van der Waals surface area contributed by atoms with Crippen molar-refractivity contribution in [1.82, 2.24) is 0 Å². The molecule has 1 atom stereocenters. The molecule has 3 rings (SSSR count).